The standard InChI is InChI=1S/C20H19ClN2O5S/c1-27-18-10-8-14(22-20(24)11-9-15-5-4-12-28-15)13-19(18)29(25,26)23-17-7-3-2-6-16(17)21/h2-8,10,12-13,23H,9,11H2,1H3,(H,22,24). The molecule has 0 radical (unpaired) electrons. The Bertz CT molecular complexity index is 1100. The van der Waals surface area contributed by atoms with Crippen molar-refractivity contribution in [3.8, 4) is 5.75 Å². The Kier molecular flexibility index (Phi) is 6.46. The molecule has 1 amide bonds. The van der Waals surface area contributed by atoms with Crippen molar-refractivity contribution in [3.63, 3.8) is 0 Å². The summed E-state index contributed by atoms with van der Waals surface area (Å²) < 4.78 is 38.6. The largest absolute Gasteiger partial charge is 0.495 e. The molecular weight excluding hydrogens is 416 g/mol. The number of rotatable bonds is 8. The topological polar surface area (TPSA) is 97.6 Å². The third kappa shape index (κ3) is 5.30. The molecule has 0 spiro atoms. The Morgan fingerprint density at radius 1 is 1.14 bits per heavy atom. The van der Waals surface area contributed by atoms with Gasteiger partial charge in [0.1, 0.15) is 16.4 Å². The van der Waals surface area contributed by atoms with Gasteiger partial charge in [0.25, 0.3) is 10.0 Å². The molecule has 0 bridgehead atoms. The van der Waals surface area contributed by atoms with Crippen molar-refractivity contribution in [2.75, 3.05) is 17.1 Å². The van der Waals surface area contributed by atoms with E-state index in [-0.39, 0.29) is 33.7 Å². The number of benzene rings is 2. The summed E-state index contributed by atoms with van der Waals surface area (Å²) in [5.41, 5.74) is 0.568. The Labute approximate surface area is 173 Å². The fourth-order valence-electron chi connectivity index (χ4n) is 2.62. The van der Waals surface area contributed by atoms with Crippen LogP contribution in [0.2, 0.25) is 5.02 Å². The van der Waals surface area contributed by atoms with Crippen LogP contribution in [0.4, 0.5) is 11.4 Å². The third-order valence-electron chi connectivity index (χ3n) is 4.03. The number of para-hydroxylation sites is 1. The summed E-state index contributed by atoms with van der Waals surface area (Å²) in [4.78, 5) is 12.1. The van der Waals surface area contributed by atoms with Gasteiger partial charge in [-0.3, -0.25) is 9.52 Å². The van der Waals surface area contributed by atoms with Crippen LogP contribution in [-0.2, 0) is 21.2 Å². The SMILES string of the molecule is COc1ccc(NC(=O)CCc2ccco2)cc1S(=O)(=O)Nc1ccccc1Cl. The molecule has 0 unspecified atom stereocenters. The van der Waals surface area contributed by atoms with E-state index in [1.807, 2.05) is 0 Å². The molecule has 2 aromatic carbocycles. The van der Waals surface area contributed by atoms with Gasteiger partial charge in [-0.25, -0.2) is 8.42 Å². The third-order valence-corrected chi connectivity index (χ3v) is 5.75. The number of aryl methyl sites for hydroxylation is 1. The van der Waals surface area contributed by atoms with E-state index in [1.54, 1.807) is 48.7 Å². The number of anilines is 2. The number of nitrogens with one attached hydrogen (secondary N) is 2. The van der Waals surface area contributed by atoms with E-state index in [4.69, 9.17) is 20.8 Å². The zero-order valence-electron chi connectivity index (χ0n) is 15.5. The van der Waals surface area contributed by atoms with E-state index in [0.717, 1.165) is 0 Å². The van der Waals surface area contributed by atoms with Crippen molar-refractivity contribution >= 4 is 38.9 Å². The minimum absolute atomic E-state index is 0.122. The number of carbonyl (C=O) groups is 1. The molecule has 7 nitrogen and oxygen atoms in total. The molecule has 152 valence electrons. The molecule has 0 atom stereocenters. The molecule has 0 saturated carbocycles. The molecule has 2 N–H and O–H groups in total. The summed E-state index contributed by atoms with van der Waals surface area (Å²) in [6, 6.07) is 14.4. The fourth-order valence-corrected chi connectivity index (χ4v) is 4.14. The fraction of sp³-hybridized carbons (Fsp3) is 0.150. The number of amides is 1. The van der Waals surface area contributed by atoms with E-state index in [0.29, 0.717) is 17.9 Å². The Balaban J connectivity index is 1.79. The number of sulfonamides is 1. The monoisotopic (exact) mass is 434 g/mol. The van der Waals surface area contributed by atoms with Gasteiger partial charge in [-0.05, 0) is 42.5 Å². The first-order valence-corrected chi connectivity index (χ1v) is 10.5. The molecule has 1 aromatic heterocycles. The highest BCUT2D eigenvalue weighted by molar-refractivity contribution is 7.92. The quantitative estimate of drug-likeness (QED) is 0.550. The van der Waals surface area contributed by atoms with Gasteiger partial charge in [0.15, 0.2) is 0 Å². The van der Waals surface area contributed by atoms with Crippen molar-refractivity contribution in [3.05, 3.63) is 71.6 Å². The molecule has 0 aliphatic heterocycles. The Morgan fingerprint density at radius 2 is 1.93 bits per heavy atom. The summed E-state index contributed by atoms with van der Waals surface area (Å²) in [7, 11) is -2.64. The van der Waals surface area contributed by atoms with Crippen LogP contribution in [0.25, 0.3) is 0 Å². The molecule has 0 aliphatic carbocycles. The minimum Gasteiger partial charge on any atom is -0.495 e. The van der Waals surface area contributed by atoms with Crippen molar-refractivity contribution in [2.24, 2.45) is 0 Å². The van der Waals surface area contributed by atoms with Gasteiger partial charge < -0.3 is 14.5 Å². The number of halogens is 1. The Hall–Kier alpha value is -2.97. The van der Waals surface area contributed by atoms with E-state index in [2.05, 4.69) is 10.0 Å². The van der Waals surface area contributed by atoms with Gasteiger partial charge in [-0.15, -0.1) is 0 Å². The van der Waals surface area contributed by atoms with Crippen molar-refractivity contribution < 1.29 is 22.4 Å². The van der Waals surface area contributed by atoms with Crippen LogP contribution in [0.15, 0.2) is 70.2 Å². The van der Waals surface area contributed by atoms with Gasteiger partial charge >= 0.3 is 0 Å². The van der Waals surface area contributed by atoms with Gasteiger partial charge in [-0.1, -0.05) is 23.7 Å². The molecule has 0 aliphatic rings. The second-order valence-electron chi connectivity index (χ2n) is 6.08. The van der Waals surface area contributed by atoms with Crippen LogP contribution < -0.4 is 14.8 Å². The van der Waals surface area contributed by atoms with Crippen LogP contribution in [0, 0.1) is 0 Å². The first kappa shape index (κ1) is 20.8. The average Bonchev–Trinajstić information content (AvgIpc) is 3.22. The van der Waals surface area contributed by atoms with E-state index in [9.17, 15) is 13.2 Å². The summed E-state index contributed by atoms with van der Waals surface area (Å²) in [6.45, 7) is 0. The smallest absolute Gasteiger partial charge is 0.265 e. The zero-order valence-corrected chi connectivity index (χ0v) is 17.1. The lowest BCUT2D eigenvalue weighted by Gasteiger charge is -2.14. The number of methoxy groups -OCH3 is 1. The van der Waals surface area contributed by atoms with Crippen LogP contribution >= 0.6 is 11.6 Å². The molecule has 0 saturated heterocycles. The zero-order chi connectivity index (χ0) is 20.9. The van der Waals surface area contributed by atoms with Crippen LogP contribution in [0.3, 0.4) is 0 Å². The molecule has 0 fully saturated rings. The van der Waals surface area contributed by atoms with Gasteiger partial charge in [0, 0.05) is 18.5 Å². The van der Waals surface area contributed by atoms with E-state index >= 15 is 0 Å². The van der Waals surface area contributed by atoms with Crippen molar-refractivity contribution in [2.45, 2.75) is 17.7 Å². The first-order chi connectivity index (χ1) is 13.9. The maximum Gasteiger partial charge on any atom is 0.265 e. The second-order valence-corrected chi connectivity index (χ2v) is 8.14. The first-order valence-electron chi connectivity index (χ1n) is 8.66. The van der Waals surface area contributed by atoms with Crippen molar-refractivity contribution in [1.82, 2.24) is 0 Å². The summed E-state index contributed by atoms with van der Waals surface area (Å²) in [6.07, 6.45) is 2.17. The molecular formula is C20H19ClN2O5S. The number of hydrogen-bond acceptors (Lipinski definition) is 5. The number of furan rings is 1. The average molecular weight is 435 g/mol. The van der Waals surface area contributed by atoms with Crippen LogP contribution in [-0.4, -0.2) is 21.4 Å². The highest BCUT2D eigenvalue weighted by atomic mass is 35.5. The van der Waals surface area contributed by atoms with Gasteiger partial charge in [0.05, 0.1) is 24.1 Å². The van der Waals surface area contributed by atoms with Gasteiger partial charge in [0.2, 0.25) is 5.91 Å². The molecule has 9 heteroatoms. The van der Waals surface area contributed by atoms with Crippen molar-refractivity contribution in [1.29, 1.82) is 0 Å². The van der Waals surface area contributed by atoms with Gasteiger partial charge in [-0.2, -0.15) is 0 Å². The number of ether oxygens (including phenoxy) is 1. The molecule has 1 heterocycles. The summed E-state index contributed by atoms with van der Waals surface area (Å²) in [5.74, 6) is 0.564. The van der Waals surface area contributed by atoms with Crippen LogP contribution in [0.5, 0.6) is 5.75 Å². The lowest BCUT2D eigenvalue weighted by atomic mass is 10.2. The molecule has 3 rings (SSSR count). The minimum atomic E-state index is -4.01. The highest BCUT2D eigenvalue weighted by Gasteiger charge is 2.22. The predicted octanol–water partition coefficient (Wildman–Crippen LogP) is 4.31. The number of carbonyl (C=O) groups excluding carboxylic acids is 1. The molecule has 29 heavy (non-hydrogen) atoms. The molecule has 3 aromatic rings. The number of hydrogen-bond donors (Lipinski definition) is 2. The van der Waals surface area contributed by atoms with E-state index in [1.165, 1.54) is 19.2 Å². The predicted molar refractivity (Wildman–Crippen MR) is 111 cm³/mol. The second kappa shape index (κ2) is 9.02. The highest BCUT2D eigenvalue weighted by Crippen LogP contribution is 2.30. The lowest BCUT2D eigenvalue weighted by molar-refractivity contribution is -0.116. The normalized spacial score (nSPS) is 11.1. The summed E-state index contributed by atoms with van der Waals surface area (Å²) >= 11 is 6.05. The summed E-state index contributed by atoms with van der Waals surface area (Å²) in [5, 5.41) is 2.95. The Morgan fingerprint density at radius 3 is 2.62 bits per heavy atom. The van der Waals surface area contributed by atoms with Crippen LogP contribution in [0.1, 0.15) is 12.2 Å². The maximum atomic E-state index is 12.9. The maximum absolute atomic E-state index is 12.9. The van der Waals surface area contributed by atoms with E-state index < -0.39 is 10.0 Å². The lowest BCUT2D eigenvalue weighted by Crippen LogP contribution is -2.16.